The highest BCUT2D eigenvalue weighted by Crippen LogP contribution is 2.24. The number of para-hydroxylation sites is 1. The summed E-state index contributed by atoms with van der Waals surface area (Å²) in [5, 5.41) is 8.63. The molecule has 5 rings (SSSR count). The van der Waals surface area contributed by atoms with Crippen LogP contribution in [-0.4, -0.2) is 37.5 Å². The number of nitrogens with zero attached hydrogens (tertiary/aromatic N) is 6. The number of fused-ring (bicyclic) bond motifs is 2. The first-order valence-corrected chi connectivity index (χ1v) is 9.33. The minimum Gasteiger partial charge on any atom is -1.00 e. The molecule has 0 fully saturated rings. The van der Waals surface area contributed by atoms with Crippen LogP contribution >= 0.6 is 11.8 Å². The molecular formula is C18H14ClN7OS. The maximum Gasteiger partial charge on any atom is 0.307 e. The predicted molar refractivity (Wildman–Crippen MR) is 104 cm³/mol. The molecule has 0 saturated carbocycles. The summed E-state index contributed by atoms with van der Waals surface area (Å²) in [5.41, 5.74) is 1.67. The number of halogens is 1. The number of thioether (sulfide) groups is 1. The molecule has 0 saturated heterocycles. The molecule has 2 aliphatic heterocycles. The van der Waals surface area contributed by atoms with Gasteiger partial charge in [-0.1, -0.05) is 23.3 Å². The predicted octanol–water partition coefficient (Wildman–Crippen LogP) is -2.54. The Kier molecular flexibility index (Phi) is 4.93. The number of rotatable bonds is 3. The maximum atomic E-state index is 13.0. The third-order valence-electron chi connectivity index (χ3n) is 4.26. The van der Waals surface area contributed by atoms with E-state index in [0.29, 0.717) is 22.5 Å². The first-order valence-electron chi connectivity index (χ1n) is 8.35. The Hall–Kier alpha value is -3.04. The lowest BCUT2D eigenvalue weighted by Crippen LogP contribution is -3.00. The molecule has 2 aliphatic rings. The van der Waals surface area contributed by atoms with Gasteiger partial charge in [-0.3, -0.25) is 9.20 Å². The number of anilines is 1. The second kappa shape index (κ2) is 7.53. The zero-order valence-corrected chi connectivity index (χ0v) is 16.0. The zero-order valence-electron chi connectivity index (χ0n) is 14.4. The Bertz CT molecular complexity index is 1090. The lowest BCUT2D eigenvalue weighted by Gasteiger charge is -2.23. The molecule has 0 aliphatic carbocycles. The molecule has 10 heteroatoms. The summed E-state index contributed by atoms with van der Waals surface area (Å²) in [6, 6.07) is 11.4. The Balaban J connectivity index is 0.00000192. The van der Waals surface area contributed by atoms with E-state index in [9.17, 15) is 4.79 Å². The molecule has 0 bridgehead atoms. The highest BCUT2D eigenvalue weighted by molar-refractivity contribution is 8.13. The van der Waals surface area contributed by atoms with Gasteiger partial charge in [-0.05, 0) is 30.0 Å². The number of carbonyl (C=O) groups is 1. The van der Waals surface area contributed by atoms with E-state index in [1.54, 1.807) is 17.3 Å². The van der Waals surface area contributed by atoms with Crippen LogP contribution in [0.25, 0.3) is 5.78 Å². The Morgan fingerprint density at radius 2 is 2.04 bits per heavy atom. The van der Waals surface area contributed by atoms with Gasteiger partial charge in [0, 0.05) is 29.4 Å². The van der Waals surface area contributed by atoms with Crippen molar-refractivity contribution in [1.82, 2.24) is 14.4 Å². The van der Waals surface area contributed by atoms with Crippen molar-refractivity contribution in [1.29, 1.82) is 0 Å². The Morgan fingerprint density at radius 1 is 1.18 bits per heavy atom. The quantitative estimate of drug-likeness (QED) is 0.514. The van der Waals surface area contributed by atoms with Crippen molar-refractivity contribution in [3.8, 4) is 0 Å². The number of amides is 1. The summed E-state index contributed by atoms with van der Waals surface area (Å²) < 4.78 is 1.87. The molecular weight excluding hydrogens is 398 g/mol. The van der Waals surface area contributed by atoms with Crippen LogP contribution in [0.2, 0.25) is 0 Å². The largest absolute Gasteiger partial charge is 1.00 e. The normalized spacial score (nSPS) is 17.9. The number of imidazole rings is 1. The molecule has 4 heterocycles. The number of benzene rings is 1. The fourth-order valence-corrected chi connectivity index (χ4v) is 3.92. The van der Waals surface area contributed by atoms with Crippen molar-refractivity contribution in [3.63, 3.8) is 0 Å². The molecule has 1 aromatic carbocycles. The minimum atomic E-state index is -0.464. The summed E-state index contributed by atoms with van der Waals surface area (Å²) in [6.07, 6.45) is 7.12. The van der Waals surface area contributed by atoms with E-state index < -0.39 is 5.92 Å². The number of carbonyl (C=O) groups excluding carboxylic acids is 1. The van der Waals surface area contributed by atoms with Crippen LogP contribution in [0.4, 0.5) is 5.69 Å². The first-order chi connectivity index (χ1) is 13.3. The lowest BCUT2D eigenvalue weighted by atomic mass is 10.1. The molecule has 0 spiro atoms. The van der Waals surface area contributed by atoms with E-state index in [-0.39, 0.29) is 18.3 Å². The van der Waals surface area contributed by atoms with Crippen LogP contribution in [-0.2, 0) is 10.5 Å². The Morgan fingerprint density at radius 3 is 2.86 bits per heavy atom. The highest BCUT2D eigenvalue weighted by atomic mass is 35.5. The number of aromatic nitrogens is 3. The fraction of sp³-hybridized carbons (Fsp3) is 0.111. The van der Waals surface area contributed by atoms with Gasteiger partial charge in [0.15, 0.2) is 5.92 Å². The number of hydrogen-bond acceptors (Lipinski definition) is 6. The highest BCUT2D eigenvalue weighted by Gasteiger charge is 2.44. The zero-order chi connectivity index (χ0) is 18.2. The number of hydrogen-bond donors (Lipinski definition) is 1. The monoisotopic (exact) mass is 411 g/mol. The second-order valence-corrected chi connectivity index (χ2v) is 6.98. The second-order valence-electron chi connectivity index (χ2n) is 6.01. The van der Waals surface area contributed by atoms with Crippen LogP contribution in [0.15, 0.2) is 65.2 Å². The van der Waals surface area contributed by atoms with Crippen LogP contribution in [0, 0.1) is 5.92 Å². The lowest BCUT2D eigenvalue weighted by molar-refractivity contribution is -0.320. The molecule has 3 aromatic rings. The van der Waals surface area contributed by atoms with Gasteiger partial charge in [0.2, 0.25) is 5.78 Å². The standard InChI is InChI=1S/C18H13N7OS.ClH/c26-16-14-9-20-23-15(14)22-18(25(16)13-5-2-1-3-6-13)27-11-12-10-24-8-4-7-19-17(24)21-12;/h1-10,14H,11H2;1H. The van der Waals surface area contributed by atoms with E-state index in [2.05, 4.69) is 25.2 Å². The van der Waals surface area contributed by atoms with E-state index in [0.717, 1.165) is 11.4 Å². The van der Waals surface area contributed by atoms with Gasteiger partial charge in [-0.2, -0.15) is 4.90 Å². The summed E-state index contributed by atoms with van der Waals surface area (Å²) >= 11 is 1.49. The van der Waals surface area contributed by atoms with Gasteiger partial charge >= 0.3 is 5.91 Å². The average Bonchev–Trinajstić information content (AvgIpc) is 3.33. The van der Waals surface area contributed by atoms with Crippen LogP contribution in [0.1, 0.15) is 5.69 Å². The third-order valence-corrected chi connectivity index (χ3v) is 5.26. The van der Waals surface area contributed by atoms with Gasteiger partial charge in [0.1, 0.15) is 5.69 Å². The smallest absolute Gasteiger partial charge is 0.307 e. The van der Waals surface area contributed by atoms with E-state index in [1.165, 1.54) is 11.8 Å². The maximum absolute atomic E-state index is 13.0. The SMILES string of the molecule is O=C1C2C=NN=C2[NH+]=C(SCc2cn3cccnc3n2)N1c1ccccc1.[Cl-]. The molecule has 8 nitrogen and oxygen atoms in total. The van der Waals surface area contributed by atoms with Gasteiger partial charge < -0.3 is 12.4 Å². The molecule has 2 aromatic heterocycles. The van der Waals surface area contributed by atoms with Crippen molar-refractivity contribution in [2.24, 2.45) is 16.1 Å². The minimum absolute atomic E-state index is 0. The van der Waals surface area contributed by atoms with Gasteiger partial charge in [-0.25, -0.2) is 15.0 Å². The van der Waals surface area contributed by atoms with E-state index >= 15 is 0 Å². The van der Waals surface area contributed by atoms with Crippen molar-refractivity contribution in [2.45, 2.75) is 5.75 Å². The van der Waals surface area contributed by atoms with Crippen LogP contribution < -0.4 is 22.3 Å². The number of nitrogens with one attached hydrogen (secondary N) is 1. The molecule has 1 atom stereocenters. The van der Waals surface area contributed by atoms with Crippen molar-refractivity contribution in [2.75, 3.05) is 4.90 Å². The van der Waals surface area contributed by atoms with E-state index in [4.69, 9.17) is 0 Å². The molecule has 0 radical (unpaired) electrons. The topological polar surface area (TPSA) is 89.2 Å². The molecule has 140 valence electrons. The third kappa shape index (κ3) is 3.19. The molecule has 1 amide bonds. The molecule has 1 unspecified atom stereocenters. The van der Waals surface area contributed by atoms with Crippen molar-refractivity contribution in [3.05, 3.63) is 60.7 Å². The summed E-state index contributed by atoms with van der Waals surface area (Å²) in [5.74, 6) is 1.26. The summed E-state index contributed by atoms with van der Waals surface area (Å²) in [6.45, 7) is 0. The van der Waals surface area contributed by atoms with E-state index in [1.807, 2.05) is 53.2 Å². The van der Waals surface area contributed by atoms with Gasteiger partial charge in [0.05, 0.1) is 11.9 Å². The first kappa shape index (κ1) is 18.3. The fourth-order valence-electron chi connectivity index (χ4n) is 3.00. The van der Waals surface area contributed by atoms with Gasteiger partial charge in [-0.15, -0.1) is 0 Å². The van der Waals surface area contributed by atoms with Gasteiger partial charge in [0.25, 0.3) is 11.0 Å². The molecule has 1 N–H and O–H groups in total. The van der Waals surface area contributed by atoms with Crippen LogP contribution in [0.5, 0.6) is 0 Å². The average molecular weight is 412 g/mol. The Labute approximate surface area is 170 Å². The van der Waals surface area contributed by atoms with Crippen molar-refractivity contribution < 1.29 is 22.2 Å². The number of amidine groups is 2. The summed E-state index contributed by atoms with van der Waals surface area (Å²) in [7, 11) is 0. The van der Waals surface area contributed by atoms with Crippen molar-refractivity contribution >= 4 is 46.4 Å². The summed E-state index contributed by atoms with van der Waals surface area (Å²) in [4.78, 5) is 26.7. The van der Waals surface area contributed by atoms with Crippen LogP contribution in [0.3, 0.4) is 0 Å². The molecule has 28 heavy (non-hydrogen) atoms.